The molecule has 0 atom stereocenters. The predicted octanol–water partition coefficient (Wildman–Crippen LogP) is -0.336. The average Bonchev–Trinajstić information content (AvgIpc) is 2.09. The molecule has 0 rings (SSSR count). The molecule has 0 aliphatic carbocycles. The van der Waals surface area contributed by atoms with Gasteiger partial charge in [0.1, 0.15) is 0 Å². The minimum atomic E-state index is 0.143. The fraction of sp³-hybridized carbons (Fsp3) is 0.889. The molecule has 2 N–H and O–H groups in total. The third-order valence-electron chi connectivity index (χ3n) is 1.71. The lowest BCUT2D eigenvalue weighted by atomic mass is 10.3. The summed E-state index contributed by atoms with van der Waals surface area (Å²) in [6.45, 7) is 2.54. The Hall–Kier alpha value is -0.610. The first-order valence-corrected chi connectivity index (χ1v) is 4.73. The summed E-state index contributed by atoms with van der Waals surface area (Å²) in [6.07, 6.45) is 1.58. The summed E-state index contributed by atoms with van der Waals surface area (Å²) in [5.74, 6) is 0.143. The maximum atomic E-state index is 11.2. The second-order valence-corrected chi connectivity index (χ2v) is 3.36. The van der Waals surface area contributed by atoms with E-state index < -0.39 is 0 Å². The van der Waals surface area contributed by atoms with Crippen LogP contribution in [0.15, 0.2) is 0 Å². The highest BCUT2D eigenvalue weighted by Gasteiger charge is 2.00. The molecular weight excluding hydrogens is 166 g/mol. The fourth-order valence-corrected chi connectivity index (χ4v) is 0.907. The number of amides is 1. The molecular formula is C9H21N3O. The molecule has 4 nitrogen and oxygen atoms in total. The Kier molecular flexibility index (Phi) is 7.63. The highest BCUT2D eigenvalue weighted by atomic mass is 16.1. The molecule has 0 saturated carbocycles. The Morgan fingerprint density at radius 2 is 2.00 bits per heavy atom. The van der Waals surface area contributed by atoms with Crippen LogP contribution in [0, 0.1) is 0 Å². The quantitative estimate of drug-likeness (QED) is 0.536. The maximum absolute atomic E-state index is 11.2. The van der Waals surface area contributed by atoms with E-state index in [2.05, 4.69) is 10.6 Å². The standard InChI is InChI=1S/C9H21N3O/c1-10-6-4-7-11-9(13)5-8-12(2)3/h10H,4-8H2,1-3H3,(H,11,13). The second kappa shape index (κ2) is 8.01. The first-order chi connectivity index (χ1) is 6.16. The molecule has 0 radical (unpaired) electrons. The van der Waals surface area contributed by atoms with E-state index in [9.17, 15) is 4.79 Å². The van der Waals surface area contributed by atoms with Gasteiger partial charge in [0, 0.05) is 19.5 Å². The Balaban J connectivity index is 3.20. The van der Waals surface area contributed by atoms with Crippen molar-refractivity contribution in [1.29, 1.82) is 0 Å². The second-order valence-electron chi connectivity index (χ2n) is 3.36. The lowest BCUT2D eigenvalue weighted by molar-refractivity contribution is -0.121. The molecule has 1 amide bonds. The molecule has 0 unspecified atom stereocenters. The zero-order valence-corrected chi connectivity index (χ0v) is 8.89. The van der Waals surface area contributed by atoms with Crippen LogP contribution in [0.2, 0.25) is 0 Å². The van der Waals surface area contributed by atoms with Crippen LogP contribution < -0.4 is 10.6 Å². The summed E-state index contributed by atoms with van der Waals surface area (Å²) >= 11 is 0. The van der Waals surface area contributed by atoms with Crippen molar-refractivity contribution in [3.05, 3.63) is 0 Å². The molecule has 4 heteroatoms. The molecule has 0 aromatic heterocycles. The van der Waals surface area contributed by atoms with Gasteiger partial charge in [0.2, 0.25) is 5.91 Å². The third-order valence-corrected chi connectivity index (χ3v) is 1.71. The van der Waals surface area contributed by atoms with Crippen LogP contribution in [0.25, 0.3) is 0 Å². The van der Waals surface area contributed by atoms with Crippen LogP contribution in [0.3, 0.4) is 0 Å². The number of carbonyl (C=O) groups excluding carboxylic acids is 1. The monoisotopic (exact) mass is 187 g/mol. The molecule has 0 aromatic rings. The van der Waals surface area contributed by atoms with Gasteiger partial charge in [-0.2, -0.15) is 0 Å². The molecule has 0 fully saturated rings. The normalized spacial score (nSPS) is 10.5. The van der Waals surface area contributed by atoms with Crippen LogP contribution in [0.5, 0.6) is 0 Å². The van der Waals surface area contributed by atoms with Gasteiger partial charge in [0.25, 0.3) is 0 Å². The Labute approximate surface area is 80.7 Å². The Morgan fingerprint density at radius 3 is 2.54 bits per heavy atom. The first-order valence-electron chi connectivity index (χ1n) is 4.73. The van der Waals surface area contributed by atoms with E-state index in [-0.39, 0.29) is 5.91 Å². The molecule has 0 bridgehead atoms. The van der Waals surface area contributed by atoms with Gasteiger partial charge in [-0.15, -0.1) is 0 Å². The summed E-state index contributed by atoms with van der Waals surface area (Å²) in [6, 6.07) is 0. The Morgan fingerprint density at radius 1 is 1.31 bits per heavy atom. The fourth-order valence-electron chi connectivity index (χ4n) is 0.907. The summed E-state index contributed by atoms with van der Waals surface area (Å²) in [5, 5.41) is 5.90. The van der Waals surface area contributed by atoms with Crippen molar-refractivity contribution in [2.75, 3.05) is 40.8 Å². The highest BCUT2D eigenvalue weighted by Crippen LogP contribution is 1.83. The minimum Gasteiger partial charge on any atom is -0.356 e. The van der Waals surface area contributed by atoms with Gasteiger partial charge in [-0.25, -0.2) is 0 Å². The summed E-state index contributed by atoms with van der Waals surface area (Å²) in [5.41, 5.74) is 0. The number of rotatable bonds is 7. The first kappa shape index (κ1) is 12.4. The van der Waals surface area contributed by atoms with Gasteiger partial charge < -0.3 is 15.5 Å². The SMILES string of the molecule is CNCCCNC(=O)CCN(C)C. The van der Waals surface area contributed by atoms with Crippen molar-refractivity contribution in [2.45, 2.75) is 12.8 Å². The van der Waals surface area contributed by atoms with Gasteiger partial charge in [0.05, 0.1) is 0 Å². The molecule has 78 valence electrons. The van der Waals surface area contributed by atoms with Crippen LogP contribution in [-0.2, 0) is 4.79 Å². The van der Waals surface area contributed by atoms with E-state index in [0.717, 1.165) is 26.1 Å². The molecule has 0 heterocycles. The molecule has 13 heavy (non-hydrogen) atoms. The number of nitrogens with one attached hydrogen (secondary N) is 2. The van der Waals surface area contributed by atoms with Crippen LogP contribution in [0.1, 0.15) is 12.8 Å². The molecule has 0 aliphatic rings. The van der Waals surface area contributed by atoms with Gasteiger partial charge in [-0.3, -0.25) is 4.79 Å². The van der Waals surface area contributed by atoms with E-state index in [1.54, 1.807) is 0 Å². The van der Waals surface area contributed by atoms with E-state index in [1.807, 2.05) is 26.0 Å². The molecule has 0 spiro atoms. The molecule has 0 aromatic carbocycles. The summed E-state index contributed by atoms with van der Waals surface area (Å²) in [7, 11) is 5.84. The molecule has 0 saturated heterocycles. The summed E-state index contributed by atoms with van der Waals surface area (Å²) in [4.78, 5) is 13.2. The zero-order valence-electron chi connectivity index (χ0n) is 8.89. The predicted molar refractivity (Wildman–Crippen MR) is 54.7 cm³/mol. The van der Waals surface area contributed by atoms with E-state index in [0.29, 0.717) is 6.42 Å². The number of nitrogens with zero attached hydrogens (tertiary/aromatic N) is 1. The van der Waals surface area contributed by atoms with Crippen LogP contribution in [-0.4, -0.2) is 51.6 Å². The molecule has 0 aliphatic heterocycles. The third kappa shape index (κ3) is 9.30. The van der Waals surface area contributed by atoms with Gasteiger partial charge >= 0.3 is 0 Å². The van der Waals surface area contributed by atoms with Crippen molar-refractivity contribution in [3.8, 4) is 0 Å². The number of carbonyl (C=O) groups is 1. The minimum absolute atomic E-state index is 0.143. The highest BCUT2D eigenvalue weighted by molar-refractivity contribution is 5.75. The van der Waals surface area contributed by atoms with Gasteiger partial charge in [-0.05, 0) is 34.1 Å². The maximum Gasteiger partial charge on any atom is 0.221 e. The van der Waals surface area contributed by atoms with Crippen molar-refractivity contribution in [1.82, 2.24) is 15.5 Å². The Bertz CT molecular complexity index is 137. The number of hydrogen-bond donors (Lipinski definition) is 2. The van der Waals surface area contributed by atoms with Crippen molar-refractivity contribution in [2.24, 2.45) is 0 Å². The van der Waals surface area contributed by atoms with Crippen molar-refractivity contribution in [3.63, 3.8) is 0 Å². The van der Waals surface area contributed by atoms with E-state index >= 15 is 0 Å². The van der Waals surface area contributed by atoms with Crippen LogP contribution in [0.4, 0.5) is 0 Å². The van der Waals surface area contributed by atoms with Crippen LogP contribution >= 0.6 is 0 Å². The van der Waals surface area contributed by atoms with E-state index in [4.69, 9.17) is 0 Å². The smallest absolute Gasteiger partial charge is 0.221 e. The lowest BCUT2D eigenvalue weighted by Crippen LogP contribution is -2.29. The largest absolute Gasteiger partial charge is 0.356 e. The van der Waals surface area contributed by atoms with Crippen molar-refractivity contribution < 1.29 is 4.79 Å². The van der Waals surface area contributed by atoms with Gasteiger partial charge in [-0.1, -0.05) is 0 Å². The topological polar surface area (TPSA) is 44.4 Å². The summed E-state index contributed by atoms with van der Waals surface area (Å²) < 4.78 is 0. The number of hydrogen-bond acceptors (Lipinski definition) is 3. The van der Waals surface area contributed by atoms with E-state index in [1.165, 1.54) is 0 Å². The average molecular weight is 187 g/mol. The van der Waals surface area contributed by atoms with Gasteiger partial charge in [0.15, 0.2) is 0 Å². The zero-order chi connectivity index (χ0) is 10.1. The van der Waals surface area contributed by atoms with Crippen molar-refractivity contribution >= 4 is 5.91 Å². The lowest BCUT2D eigenvalue weighted by Gasteiger charge is -2.09.